The predicted octanol–water partition coefficient (Wildman–Crippen LogP) is 4.81. The van der Waals surface area contributed by atoms with E-state index in [0.717, 1.165) is 42.7 Å². The summed E-state index contributed by atoms with van der Waals surface area (Å²) < 4.78 is 12.1. The largest absolute Gasteiger partial charge is 0.462 e. The van der Waals surface area contributed by atoms with E-state index in [-0.39, 0.29) is 5.97 Å². The van der Waals surface area contributed by atoms with Crippen molar-refractivity contribution in [2.45, 2.75) is 46.1 Å². The Bertz CT molecular complexity index is 1170. The number of hydrogen-bond donors (Lipinski definition) is 2. The molecule has 0 saturated heterocycles. The first-order chi connectivity index (χ1) is 16.9. The lowest BCUT2D eigenvalue weighted by atomic mass is 10.2. The molecule has 0 radical (unpaired) electrons. The predicted molar refractivity (Wildman–Crippen MR) is 133 cm³/mol. The van der Waals surface area contributed by atoms with Crippen molar-refractivity contribution in [3.63, 3.8) is 0 Å². The fourth-order valence-electron chi connectivity index (χ4n) is 3.56. The van der Waals surface area contributed by atoms with Crippen LogP contribution in [0.4, 0.5) is 10.5 Å². The van der Waals surface area contributed by atoms with Crippen LogP contribution >= 0.6 is 0 Å². The number of nitrogens with zero attached hydrogens (tertiary/aromatic N) is 2. The minimum absolute atomic E-state index is 0.300. The number of anilines is 1. The molecular weight excluding hydrogens is 448 g/mol. The number of nitrogens with one attached hydrogen (secondary N) is 2. The van der Waals surface area contributed by atoms with Gasteiger partial charge in [0, 0.05) is 18.3 Å². The molecule has 9 heteroatoms. The maximum absolute atomic E-state index is 12.3. The molecule has 35 heavy (non-hydrogen) atoms. The third-order valence-electron chi connectivity index (χ3n) is 5.53. The topological polar surface area (TPSA) is 112 Å². The van der Waals surface area contributed by atoms with E-state index < -0.39 is 12.0 Å². The van der Waals surface area contributed by atoms with Gasteiger partial charge >= 0.3 is 12.1 Å². The van der Waals surface area contributed by atoms with Crippen LogP contribution in [0.3, 0.4) is 0 Å². The smallest absolute Gasteiger partial charge is 0.414 e. The van der Waals surface area contributed by atoms with Crippen molar-refractivity contribution < 1.29 is 23.9 Å². The molecule has 0 bridgehead atoms. The van der Waals surface area contributed by atoms with E-state index in [1.54, 1.807) is 43.3 Å². The number of fused-ring (bicyclic) bond motifs is 1. The first kappa shape index (κ1) is 25.7. The molecule has 0 unspecified atom stereocenters. The molecule has 0 fully saturated rings. The van der Waals surface area contributed by atoms with Gasteiger partial charge in [-0.25, -0.2) is 14.6 Å². The van der Waals surface area contributed by atoms with E-state index in [4.69, 9.17) is 9.47 Å². The number of ether oxygens (including phenoxy) is 2. The number of aryl methyl sites for hydroxylation is 1. The van der Waals surface area contributed by atoms with Crippen LogP contribution in [0.5, 0.6) is 0 Å². The summed E-state index contributed by atoms with van der Waals surface area (Å²) in [5.74, 6) is -0.100. The van der Waals surface area contributed by atoms with Gasteiger partial charge in [-0.15, -0.1) is 0 Å². The highest BCUT2D eigenvalue weighted by Crippen LogP contribution is 2.19. The number of rotatable bonds is 11. The van der Waals surface area contributed by atoms with E-state index in [1.807, 2.05) is 17.7 Å². The summed E-state index contributed by atoms with van der Waals surface area (Å²) in [5.41, 5.74) is 3.22. The summed E-state index contributed by atoms with van der Waals surface area (Å²) in [4.78, 5) is 40.7. The number of carbonyl (C=O) groups excluding carboxylic acids is 3. The monoisotopic (exact) mass is 480 g/mol. The Labute approximate surface area is 204 Å². The van der Waals surface area contributed by atoms with E-state index in [1.165, 1.54) is 0 Å². The minimum atomic E-state index is -0.735. The molecule has 3 aromatic rings. The standard InChI is InChI=1S/C26H32N4O5/c1-4-6-7-8-15-35-26(33)29-24(31)18-9-12-20(13-10-18)27-17-23-28-21-16-19(25(32)34-5-2)11-14-22(21)30(23)3/h9-14,16,27H,4-8,15,17H2,1-3H3,(H,29,31,33). The second kappa shape index (κ2) is 12.5. The molecule has 0 atom stereocenters. The zero-order chi connectivity index (χ0) is 25.2. The van der Waals surface area contributed by atoms with Gasteiger partial charge < -0.3 is 19.4 Å². The van der Waals surface area contributed by atoms with Gasteiger partial charge in [-0.3, -0.25) is 10.1 Å². The summed E-state index contributed by atoms with van der Waals surface area (Å²) in [6.45, 7) is 4.93. The second-order valence-corrected chi connectivity index (χ2v) is 8.09. The molecule has 2 amide bonds. The number of amides is 2. The van der Waals surface area contributed by atoms with Gasteiger partial charge in [0.25, 0.3) is 5.91 Å². The minimum Gasteiger partial charge on any atom is -0.462 e. The van der Waals surface area contributed by atoms with E-state index in [2.05, 4.69) is 22.5 Å². The zero-order valence-corrected chi connectivity index (χ0v) is 20.4. The van der Waals surface area contributed by atoms with Crippen LogP contribution in [-0.2, 0) is 23.1 Å². The van der Waals surface area contributed by atoms with Crippen LogP contribution in [0.15, 0.2) is 42.5 Å². The average Bonchev–Trinajstić information content (AvgIpc) is 3.17. The van der Waals surface area contributed by atoms with Crippen LogP contribution in [0.25, 0.3) is 11.0 Å². The number of esters is 1. The van der Waals surface area contributed by atoms with Gasteiger partial charge in [-0.05, 0) is 55.8 Å². The van der Waals surface area contributed by atoms with E-state index in [9.17, 15) is 14.4 Å². The molecule has 186 valence electrons. The van der Waals surface area contributed by atoms with Gasteiger partial charge in [0.2, 0.25) is 0 Å². The van der Waals surface area contributed by atoms with Crippen LogP contribution in [0, 0.1) is 0 Å². The number of carbonyl (C=O) groups is 3. The number of hydrogen-bond acceptors (Lipinski definition) is 7. The molecule has 2 N–H and O–H groups in total. The van der Waals surface area contributed by atoms with Gasteiger partial charge in [-0.1, -0.05) is 26.2 Å². The maximum Gasteiger partial charge on any atom is 0.414 e. The van der Waals surface area contributed by atoms with Crippen molar-refractivity contribution in [3.05, 3.63) is 59.4 Å². The van der Waals surface area contributed by atoms with Gasteiger partial charge in [0.05, 0.1) is 36.4 Å². The van der Waals surface area contributed by atoms with Crippen molar-refractivity contribution in [3.8, 4) is 0 Å². The van der Waals surface area contributed by atoms with Crippen molar-refractivity contribution in [2.24, 2.45) is 7.05 Å². The van der Waals surface area contributed by atoms with Crippen molar-refractivity contribution in [2.75, 3.05) is 18.5 Å². The van der Waals surface area contributed by atoms with Crippen molar-refractivity contribution in [1.82, 2.24) is 14.9 Å². The van der Waals surface area contributed by atoms with Crippen LogP contribution in [-0.4, -0.2) is 40.7 Å². The Kier molecular flexibility index (Phi) is 9.23. The Balaban J connectivity index is 1.54. The molecule has 0 aliphatic heterocycles. The maximum atomic E-state index is 12.3. The number of imidazole rings is 1. The SMILES string of the molecule is CCCCCCOC(=O)NC(=O)c1ccc(NCc2nc3cc(C(=O)OCC)ccc3n2C)cc1. The fourth-order valence-corrected chi connectivity index (χ4v) is 3.56. The van der Waals surface area contributed by atoms with Gasteiger partial charge in [0.15, 0.2) is 0 Å². The van der Waals surface area contributed by atoms with Crippen LogP contribution in [0.2, 0.25) is 0 Å². The molecule has 2 aromatic carbocycles. The second-order valence-electron chi connectivity index (χ2n) is 8.09. The fraction of sp³-hybridized carbons (Fsp3) is 0.385. The molecule has 1 heterocycles. The average molecular weight is 481 g/mol. The first-order valence-electron chi connectivity index (χ1n) is 11.9. The zero-order valence-electron chi connectivity index (χ0n) is 20.4. The third kappa shape index (κ3) is 7.05. The molecular formula is C26H32N4O5. The van der Waals surface area contributed by atoms with E-state index >= 15 is 0 Å². The molecule has 0 spiro atoms. The van der Waals surface area contributed by atoms with Crippen molar-refractivity contribution in [1.29, 1.82) is 0 Å². The Hall–Kier alpha value is -3.88. The molecule has 3 rings (SSSR count). The molecule has 9 nitrogen and oxygen atoms in total. The van der Waals surface area contributed by atoms with Gasteiger partial charge in [-0.2, -0.15) is 0 Å². The summed E-state index contributed by atoms with van der Waals surface area (Å²) in [5, 5.41) is 5.51. The summed E-state index contributed by atoms with van der Waals surface area (Å²) in [6, 6.07) is 12.1. The number of benzene rings is 2. The number of aromatic nitrogens is 2. The number of imide groups is 1. The lowest BCUT2D eigenvalue weighted by Crippen LogP contribution is -2.31. The van der Waals surface area contributed by atoms with Crippen LogP contribution in [0.1, 0.15) is 66.1 Å². The quantitative estimate of drug-likeness (QED) is 0.299. The number of alkyl carbamates (subject to hydrolysis) is 1. The Morgan fingerprint density at radius 1 is 0.943 bits per heavy atom. The molecule has 1 aromatic heterocycles. The summed E-state index contributed by atoms with van der Waals surface area (Å²) in [7, 11) is 1.91. The normalized spacial score (nSPS) is 10.7. The highest BCUT2D eigenvalue weighted by molar-refractivity contribution is 6.03. The molecule has 0 aliphatic carbocycles. The Morgan fingerprint density at radius 3 is 2.40 bits per heavy atom. The van der Waals surface area contributed by atoms with Gasteiger partial charge in [0.1, 0.15) is 5.82 Å². The molecule has 0 saturated carbocycles. The first-order valence-corrected chi connectivity index (χ1v) is 11.9. The lowest BCUT2D eigenvalue weighted by Gasteiger charge is -2.09. The summed E-state index contributed by atoms with van der Waals surface area (Å²) >= 11 is 0. The molecule has 0 aliphatic rings. The van der Waals surface area contributed by atoms with E-state index in [0.29, 0.717) is 36.4 Å². The highest BCUT2D eigenvalue weighted by atomic mass is 16.5. The number of unbranched alkanes of at least 4 members (excludes halogenated alkanes) is 3. The Morgan fingerprint density at radius 2 is 1.69 bits per heavy atom. The summed E-state index contributed by atoms with van der Waals surface area (Å²) in [6.07, 6.45) is 3.24. The third-order valence-corrected chi connectivity index (χ3v) is 5.53. The van der Waals surface area contributed by atoms with Crippen molar-refractivity contribution >= 4 is 34.7 Å². The van der Waals surface area contributed by atoms with Crippen LogP contribution < -0.4 is 10.6 Å². The lowest BCUT2D eigenvalue weighted by molar-refractivity contribution is 0.0526. The highest BCUT2D eigenvalue weighted by Gasteiger charge is 2.13.